The molecule has 11 heteroatoms. The third-order valence-electron chi connectivity index (χ3n) is 8.27. The number of carbonyl (C=O) groups excluding carboxylic acids is 4. The Morgan fingerprint density at radius 2 is 1.72 bits per heavy atom. The minimum Gasteiger partial charge on any atom is -0.370 e. The molecule has 0 saturated carbocycles. The van der Waals surface area contributed by atoms with Gasteiger partial charge in [0.2, 0.25) is 23.6 Å². The second kappa shape index (κ2) is 15.2. The summed E-state index contributed by atoms with van der Waals surface area (Å²) in [6.45, 7) is 1.27. The topological polar surface area (TPSA) is 152 Å². The number of rotatable bonds is 12. The molecule has 2 aliphatic heterocycles. The van der Waals surface area contributed by atoms with Crippen LogP contribution >= 0.6 is 0 Å². The summed E-state index contributed by atoms with van der Waals surface area (Å²) in [5.74, 6) is -1.25. The van der Waals surface area contributed by atoms with Crippen molar-refractivity contribution in [2.24, 2.45) is 11.7 Å². The quantitative estimate of drug-likeness (QED) is 0.215. The van der Waals surface area contributed by atoms with Gasteiger partial charge < -0.3 is 31.1 Å². The third kappa shape index (κ3) is 8.79. The number of piperidine rings is 1. The fraction of sp³-hybridized carbons (Fsp3) is 0.469. The van der Waals surface area contributed by atoms with Crippen molar-refractivity contribution >= 4 is 29.6 Å². The molecule has 0 aromatic heterocycles. The minimum absolute atomic E-state index is 0.00271. The highest BCUT2D eigenvalue weighted by atomic mass is 16.2. The first-order valence-corrected chi connectivity index (χ1v) is 15.0. The first-order chi connectivity index (χ1) is 20.7. The monoisotopic (exact) mass is 589 g/mol. The van der Waals surface area contributed by atoms with Gasteiger partial charge in [-0.2, -0.15) is 0 Å². The van der Waals surface area contributed by atoms with E-state index in [-0.39, 0.29) is 49.1 Å². The number of nitrogens with two attached hydrogens (primary N) is 1. The van der Waals surface area contributed by atoms with Crippen LogP contribution in [0.1, 0.15) is 36.8 Å². The molecule has 0 unspecified atom stereocenters. The van der Waals surface area contributed by atoms with Gasteiger partial charge in [-0.05, 0) is 49.1 Å². The Bertz CT molecular complexity index is 1270. The van der Waals surface area contributed by atoms with Gasteiger partial charge in [-0.1, -0.05) is 60.7 Å². The van der Waals surface area contributed by atoms with Gasteiger partial charge in [0.25, 0.3) is 0 Å². The van der Waals surface area contributed by atoms with Gasteiger partial charge in [0, 0.05) is 33.1 Å². The number of likely N-dealkylation sites (tertiary alicyclic amines) is 1. The molecule has 230 valence electrons. The highest BCUT2D eigenvalue weighted by Crippen LogP contribution is 2.22. The second-order valence-electron chi connectivity index (χ2n) is 11.4. The van der Waals surface area contributed by atoms with Gasteiger partial charge in [0.15, 0.2) is 5.96 Å². The first-order valence-electron chi connectivity index (χ1n) is 15.0. The van der Waals surface area contributed by atoms with Gasteiger partial charge in [0.05, 0.1) is 6.54 Å². The number of benzene rings is 2. The molecule has 0 bridgehead atoms. The van der Waals surface area contributed by atoms with E-state index >= 15 is 0 Å². The number of nitrogens with zero attached hydrogens (tertiary/aromatic N) is 3. The van der Waals surface area contributed by atoms with E-state index in [0.29, 0.717) is 26.1 Å². The Morgan fingerprint density at radius 1 is 1.05 bits per heavy atom. The molecule has 2 aliphatic rings. The fourth-order valence-corrected chi connectivity index (χ4v) is 6.00. The predicted octanol–water partition coefficient (Wildman–Crippen LogP) is 1.13. The van der Waals surface area contributed by atoms with Gasteiger partial charge in [0.1, 0.15) is 18.6 Å². The van der Waals surface area contributed by atoms with Crippen LogP contribution in [0.25, 0.3) is 0 Å². The zero-order valence-corrected chi connectivity index (χ0v) is 24.8. The number of nitrogens with one attached hydrogen (secondary N) is 3. The van der Waals surface area contributed by atoms with Crippen molar-refractivity contribution in [3.05, 3.63) is 71.8 Å². The van der Waals surface area contributed by atoms with Crippen molar-refractivity contribution < 1.29 is 19.2 Å². The summed E-state index contributed by atoms with van der Waals surface area (Å²) in [5, 5.41) is 13.2. The van der Waals surface area contributed by atoms with Crippen LogP contribution in [0, 0.1) is 11.3 Å². The number of guanidine groups is 1. The standard InChI is InChI=1S/C32H43N7O4/c1-35-30(42)26(18-25-15-9-17-38(20-25)32(33)34)36-28(40)21-39-27(19-24-12-6-3-7-13-24)31(43)37(22-29(39)41)16-8-14-23-10-4-2-5-11-23/h2-7,10-13,25-27H,8-9,14-22H2,1H3,(H3,33,34)(H,35,42)(H,36,40)/t25-,26-,27+/m0/s1. The molecule has 2 fully saturated rings. The van der Waals surface area contributed by atoms with E-state index in [0.717, 1.165) is 31.2 Å². The summed E-state index contributed by atoms with van der Waals surface area (Å²) in [6, 6.07) is 17.8. The molecule has 2 heterocycles. The Kier molecular flexibility index (Phi) is 11.1. The molecule has 4 amide bonds. The number of likely N-dealkylation sites (N-methyl/N-ethyl adjacent to an activating group) is 1. The van der Waals surface area contributed by atoms with Crippen molar-refractivity contribution in [2.75, 3.05) is 39.8 Å². The molecule has 4 rings (SSSR count). The smallest absolute Gasteiger partial charge is 0.246 e. The van der Waals surface area contributed by atoms with E-state index in [1.165, 1.54) is 17.5 Å². The number of hydrogen-bond acceptors (Lipinski definition) is 5. The summed E-state index contributed by atoms with van der Waals surface area (Å²) in [6.07, 6.45) is 3.87. The largest absolute Gasteiger partial charge is 0.370 e. The first kappa shape index (κ1) is 31.5. The number of carbonyl (C=O) groups is 4. The normalized spacial score (nSPS) is 19.6. The van der Waals surface area contributed by atoms with E-state index in [9.17, 15) is 19.2 Å². The molecule has 2 saturated heterocycles. The number of piperazine rings is 1. The minimum atomic E-state index is -0.827. The molecule has 2 aromatic rings. The van der Waals surface area contributed by atoms with Gasteiger partial charge in [-0.15, -0.1) is 0 Å². The Labute approximate surface area is 253 Å². The summed E-state index contributed by atoms with van der Waals surface area (Å²) >= 11 is 0. The summed E-state index contributed by atoms with van der Waals surface area (Å²) in [4.78, 5) is 58.0. The van der Waals surface area contributed by atoms with Crippen molar-refractivity contribution in [2.45, 2.75) is 50.6 Å². The summed E-state index contributed by atoms with van der Waals surface area (Å²) in [5.41, 5.74) is 7.74. The van der Waals surface area contributed by atoms with Crippen molar-refractivity contribution in [3.8, 4) is 0 Å². The molecule has 0 aliphatic carbocycles. The lowest BCUT2D eigenvalue weighted by Crippen LogP contribution is -2.63. The van der Waals surface area contributed by atoms with Crippen molar-refractivity contribution in [3.63, 3.8) is 0 Å². The average molecular weight is 590 g/mol. The van der Waals surface area contributed by atoms with Crippen LogP contribution in [0.5, 0.6) is 0 Å². The van der Waals surface area contributed by atoms with E-state index in [4.69, 9.17) is 11.1 Å². The maximum absolute atomic E-state index is 13.7. The molecule has 11 nitrogen and oxygen atoms in total. The lowest BCUT2D eigenvalue weighted by Gasteiger charge is -2.40. The average Bonchev–Trinajstić information content (AvgIpc) is 3.01. The molecule has 3 atom stereocenters. The Hall–Kier alpha value is -4.41. The van der Waals surface area contributed by atoms with E-state index in [2.05, 4.69) is 10.6 Å². The van der Waals surface area contributed by atoms with Crippen molar-refractivity contribution in [1.29, 1.82) is 5.41 Å². The zero-order valence-electron chi connectivity index (χ0n) is 24.8. The van der Waals surface area contributed by atoms with Gasteiger partial charge in [-0.25, -0.2) is 0 Å². The molecular weight excluding hydrogens is 546 g/mol. The van der Waals surface area contributed by atoms with E-state index < -0.39 is 18.0 Å². The predicted molar refractivity (Wildman–Crippen MR) is 164 cm³/mol. The van der Waals surface area contributed by atoms with Crippen LogP contribution in [-0.2, 0) is 32.0 Å². The van der Waals surface area contributed by atoms with Crippen LogP contribution in [0.2, 0.25) is 0 Å². The number of aryl methyl sites for hydroxylation is 1. The van der Waals surface area contributed by atoms with E-state index in [1.54, 1.807) is 9.80 Å². The zero-order chi connectivity index (χ0) is 30.8. The maximum atomic E-state index is 13.7. The second-order valence-corrected chi connectivity index (χ2v) is 11.4. The summed E-state index contributed by atoms with van der Waals surface area (Å²) in [7, 11) is 1.51. The molecule has 2 aromatic carbocycles. The molecular formula is C32H43N7O4. The maximum Gasteiger partial charge on any atom is 0.246 e. The van der Waals surface area contributed by atoms with Gasteiger partial charge >= 0.3 is 0 Å². The lowest BCUT2D eigenvalue weighted by molar-refractivity contribution is -0.157. The van der Waals surface area contributed by atoms with Crippen LogP contribution < -0.4 is 16.4 Å². The Morgan fingerprint density at radius 3 is 2.37 bits per heavy atom. The van der Waals surface area contributed by atoms with Gasteiger partial charge in [-0.3, -0.25) is 24.6 Å². The molecule has 0 radical (unpaired) electrons. The molecule has 5 N–H and O–H groups in total. The Balaban J connectivity index is 1.43. The van der Waals surface area contributed by atoms with E-state index in [1.807, 2.05) is 60.7 Å². The number of amides is 4. The van der Waals surface area contributed by atoms with Crippen LogP contribution in [0.3, 0.4) is 0 Å². The van der Waals surface area contributed by atoms with Crippen molar-refractivity contribution in [1.82, 2.24) is 25.3 Å². The van der Waals surface area contributed by atoms with Crippen LogP contribution in [0.4, 0.5) is 0 Å². The lowest BCUT2D eigenvalue weighted by atomic mass is 9.91. The number of hydrogen-bond donors (Lipinski definition) is 4. The highest BCUT2D eigenvalue weighted by molar-refractivity contribution is 5.97. The highest BCUT2D eigenvalue weighted by Gasteiger charge is 2.40. The molecule has 0 spiro atoms. The molecule has 43 heavy (non-hydrogen) atoms. The van der Waals surface area contributed by atoms with Crippen LogP contribution in [0.15, 0.2) is 60.7 Å². The summed E-state index contributed by atoms with van der Waals surface area (Å²) < 4.78 is 0. The van der Waals surface area contributed by atoms with Crippen LogP contribution in [-0.4, -0.2) is 96.1 Å². The SMILES string of the molecule is CNC(=O)[C@H](C[C@@H]1CCCN(C(=N)N)C1)NC(=O)CN1C(=O)CN(CCCc2ccccc2)C(=O)[C@H]1Cc1ccccc1. The fourth-order valence-electron chi connectivity index (χ4n) is 6.00. The third-order valence-corrected chi connectivity index (χ3v) is 8.27.